The van der Waals surface area contributed by atoms with Gasteiger partial charge in [0.15, 0.2) is 0 Å². The zero-order valence-electron chi connectivity index (χ0n) is 10.0. The molecule has 0 aromatic carbocycles. The molecular weight excluding hydrogens is 204 g/mol. The van der Waals surface area contributed by atoms with Crippen LogP contribution in [0.4, 0.5) is 0 Å². The molecule has 0 fully saturated rings. The maximum atomic E-state index is 5.54. The van der Waals surface area contributed by atoms with E-state index in [9.17, 15) is 0 Å². The summed E-state index contributed by atoms with van der Waals surface area (Å²) in [7, 11) is 0. The molecule has 0 radical (unpaired) electrons. The van der Waals surface area contributed by atoms with E-state index in [2.05, 4.69) is 17.2 Å². The second kappa shape index (κ2) is 8.07. The monoisotopic (exact) mass is 224 g/mol. The Hall–Kier alpha value is -1.13. The fourth-order valence-electron chi connectivity index (χ4n) is 1.26. The van der Waals surface area contributed by atoms with Crippen LogP contribution < -0.4 is 10.1 Å². The zero-order chi connectivity index (χ0) is 11.6. The molecule has 0 saturated heterocycles. The third kappa shape index (κ3) is 5.09. The molecule has 1 aromatic heterocycles. The Morgan fingerprint density at radius 1 is 1.31 bits per heavy atom. The van der Waals surface area contributed by atoms with Gasteiger partial charge in [-0.2, -0.15) is 0 Å². The fourth-order valence-corrected chi connectivity index (χ4v) is 1.26. The van der Waals surface area contributed by atoms with E-state index >= 15 is 0 Å². The first-order valence-electron chi connectivity index (χ1n) is 5.73. The Bertz CT molecular complexity index is 292. The van der Waals surface area contributed by atoms with Gasteiger partial charge in [0.25, 0.3) is 0 Å². The van der Waals surface area contributed by atoms with Gasteiger partial charge in [0.05, 0.1) is 12.3 Å². The summed E-state index contributed by atoms with van der Waals surface area (Å²) in [5.74, 6) is 0.850. The molecule has 1 N–H and O–H groups in total. The number of ether oxygens (including phenoxy) is 2. The Balaban J connectivity index is 2.35. The Kier molecular flexibility index (Phi) is 6.53. The molecular formula is C12H20N2O2. The van der Waals surface area contributed by atoms with Crippen molar-refractivity contribution < 1.29 is 9.47 Å². The van der Waals surface area contributed by atoms with Gasteiger partial charge >= 0.3 is 0 Å². The first kappa shape index (κ1) is 12.9. The molecule has 1 heterocycles. The molecule has 0 bridgehead atoms. The molecule has 0 atom stereocenters. The van der Waals surface area contributed by atoms with Crippen LogP contribution in [-0.2, 0) is 11.3 Å². The molecule has 4 nitrogen and oxygen atoms in total. The van der Waals surface area contributed by atoms with Gasteiger partial charge in [-0.1, -0.05) is 6.92 Å². The van der Waals surface area contributed by atoms with Crippen LogP contribution in [0.1, 0.15) is 19.5 Å². The fraction of sp³-hybridized carbons (Fsp3) is 0.583. The number of nitrogens with zero attached hydrogens (tertiary/aromatic N) is 1. The van der Waals surface area contributed by atoms with Crippen molar-refractivity contribution in [3.63, 3.8) is 0 Å². The van der Waals surface area contributed by atoms with E-state index in [1.165, 1.54) is 0 Å². The highest BCUT2D eigenvalue weighted by atomic mass is 16.5. The second-order valence-electron chi connectivity index (χ2n) is 3.31. The standard InChI is InChI=1S/C12H20N2O2/c1-3-13-10-11-9-12(5-6-14-11)16-8-7-15-4-2/h5-6,9,13H,3-4,7-8,10H2,1-2H3. The highest BCUT2D eigenvalue weighted by molar-refractivity contribution is 5.22. The molecule has 16 heavy (non-hydrogen) atoms. The van der Waals surface area contributed by atoms with Crippen molar-refractivity contribution in [2.24, 2.45) is 0 Å². The van der Waals surface area contributed by atoms with Crippen molar-refractivity contribution in [1.29, 1.82) is 0 Å². The third-order valence-electron chi connectivity index (χ3n) is 2.04. The molecule has 1 rings (SSSR count). The molecule has 90 valence electrons. The summed E-state index contributed by atoms with van der Waals surface area (Å²) in [5.41, 5.74) is 0.996. The SMILES string of the molecule is CCNCc1cc(OCCOCC)ccn1. The van der Waals surface area contributed by atoms with Crippen LogP contribution in [-0.4, -0.2) is 31.3 Å². The van der Waals surface area contributed by atoms with E-state index in [1.807, 2.05) is 19.1 Å². The van der Waals surface area contributed by atoms with Crippen LogP contribution in [0.15, 0.2) is 18.3 Å². The minimum Gasteiger partial charge on any atom is -0.491 e. The first-order valence-corrected chi connectivity index (χ1v) is 5.73. The Labute approximate surface area is 97.0 Å². The van der Waals surface area contributed by atoms with E-state index in [0.717, 1.165) is 31.1 Å². The minimum absolute atomic E-state index is 0.582. The molecule has 4 heteroatoms. The van der Waals surface area contributed by atoms with Crippen LogP contribution in [0.5, 0.6) is 5.75 Å². The first-order chi connectivity index (χ1) is 7.86. The summed E-state index contributed by atoms with van der Waals surface area (Å²) in [6.45, 7) is 7.70. The average Bonchev–Trinajstić information content (AvgIpc) is 2.33. The molecule has 0 aliphatic rings. The minimum atomic E-state index is 0.582. The lowest BCUT2D eigenvalue weighted by Gasteiger charge is -2.07. The summed E-state index contributed by atoms with van der Waals surface area (Å²) in [5, 5.41) is 3.23. The normalized spacial score (nSPS) is 10.4. The molecule has 1 aromatic rings. The van der Waals surface area contributed by atoms with Crippen molar-refractivity contribution in [2.75, 3.05) is 26.4 Å². The van der Waals surface area contributed by atoms with Gasteiger partial charge in [0, 0.05) is 25.4 Å². The van der Waals surface area contributed by atoms with Gasteiger partial charge in [-0.3, -0.25) is 4.98 Å². The van der Waals surface area contributed by atoms with Gasteiger partial charge in [-0.05, 0) is 19.5 Å². The van der Waals surface area contributed by atoms with Crippen LogP contribution in [0.25, 0.3) is 0 Å². The lowest BCUT2D eigenvalue weighted by molar-refractivity contribution is 0.110. The highest BCUT2D eigenvalue weighted by Crippen LogP contribution is 2.10. The van der Waals surface area contributed by atoms with Crippen molar-refractivity contribution in [1.82, 2.24) is 10.3 Å². The predicted molar refractivity (Wildman–Crippen MR) is 63.6 cm³/mol. The molecule has 0 aliphatic carbocycles. The van der Waals surface area contributed by atoms with E-state index in [0.29, 0.717) is 13.2 Å². The van der Waals surface area contributed by atoms with Crippen molar-refractivity contribution >= 4 is 0 Å². The smallest absolute Gasteiger partial charge is 0.122 e. The van der Waals surface area contributed by atoms with Crippen LogP contribution >= 0.6 is 0 Å². The highest BCUT2D eigenvalue weighted by Gasteiger charge is 1.97. The topological polar surface area (TPSA) is 43.4 Å². The van der Waals surface area contributed by atoms with Crippen molar-refractivity contribution in [3.05, 3.63) is 24.0 Å². The number of hydrogen-bond acceptors (Lipinski definition) is 4. The summed E-state index contributed by atoms with van der Waals surface area (Å²) < 4.78 is 10.7. The Morgan fingerprint density at radius 2 is 2.19 bits per heavy atom. The molecule has 0 saturated carbocycles. The van der Waals surface area contributed by atoms with E-state index in [4.69, 9.17) is 9.47 Å². The number of rotatable bonds is 8. The lowest BCUT2D eigenvalue weighted by atomic mass is 10.3. The van der Waals surface area contributed by atoms with E-state index in [-0.39, 0.29) is 0 Å². The predicted octanol–water partition coefficient (Wildman–Crippen LogP) is 1.61. The average molecular weight is 224 g/mol. The number of nitrogens with one attached hydrogen (secondary N) is 1. The zero-order valence-corrected chi connectivity index (χ0v) is 10.0. The molecule has 0 amide bonds. The maximum Gasteiger partial charge on any atom is 0.122 e. The number of aromatic nitrogens is 1. The summed E-state index contributed by atoms with van der Waals surface area (Å²) >= 11 is 0. The lowest BCUT2D eigenvalue weighted by Crippen LogP contribution is -2.13. The third-order valence-corrected chi connectivity index (χ3v) is 2.04. The van der Waals surface area contributed by atoms with Gasteiger partial charge in [0.2, 0.25) is 0 Å². The van der Waals surface area contributed by atoms with Gasteiger partial charge in [-0.15, -0.1) is 0 Å². The van der Waals surface area contributed by atoms with E-state index in [1.54, 1.807) is 6.20 Å². The molecule has 0 unspecified atom stereocenters. The number of hydrogen-bond donors (Lipinski definition) is 1. The number of pyridine rings is 1. The molecule has 0 aliphatic heterocycles. The maximum absolute atomic E-state index is 5.54. The Morgan fingerprint density at radius 3 is 2.94 bits per heavy atom. The van der Waals surface area contributed by atoms with Gasteiger partial charge in [0.1, 0.15) is 12.4 Å². The summed E-state index contributed by atoms with van der Waals surface area (Å²) in [6.07, 6.45) is 1.77. The van der Waals surface area contributed by atoms with Crippen LogP contribution in [0, 0.1) is 0 Å². The summed E-state index contributed by atoms with van der Waals surface area (Å²) in [6, 6.07) is 3.82. The second-order valence-corrected chi connectivity index (χ2v) is 3.31. The van der Waals surface area contributed by atoms with Gasteiger partial charge in [-0.25, -0.2) is 0 Å². The van der Waals surface area contributed by atoms with Gasteiger partial charge < -0.3 is 14.8 Å². The molecule has 0 spiro atoms. The quantitative estimate of drug-likeness (QED) is 0.681. The largest absolute Gasteiger partial charge is 0.491 e. The van der Waals surface area contributed by atoms with Crippen molar-refractivity contribution in [2.45, 2.75) is 20.4 Å². The van der Waals surface area contributed by atoms with E-state index < -0.39 is 0 Å². The summed E-state index contributed by atoms with van der Waals surface area (Å²) in [4.78, 5) is 4.25. The van der Waals surface area contributed by atoms with Crippen LogP contribution in [0.3, 0.4) is 0 Å². The van der Waals surface area contributed by atoms with Crippen LogP contribution in [0.2, 0.25) is 0 Å². The van der Waals surface area contributed by atoms with Crippen molar-refractivity contribution in [3.8, 4) is 5.75 Å².